The lowest BCUT2D eigenvalue weighted by Crippen LogP contribution is -2.41. The Bertz CT molecular complexity index is 532. The summed E-state index contributed by atoms with van der Waals surface area (Å²) in [5, 5.41) is 3.75. The van der Waals surface area contributed by atoms with Crippen molar-refractivity contribution < 1.29 is 9.53 Å². The number of amides is 1. The van der Waals surface area contributed by atoms with Crippen LogP contribution in [0.25, 0.3) is 0 Å². The minimum Gasteiger partial charge on any atom is -0.494 e. The second kappa shape index (κ2) is 8.55. The highest BCUT2D eigenvalue weighted by Gasteiger charge is 2.28. The molecule has 1 aromatic rings. The van der Waals surface area contributed by atoms with Crippen molar-refractivity contribution in [2.45, 2.75) is 51.6 Å². The first-order valence-corrected chi connectivity index (χ1v) is 8.72. The van der Waals surface area contributed by atoms with Crippen LogP contribution in [0.5, 0.6) is 5.75 Å². The Morgan fingerprint density at radius 2 is 2.22 bits per heavy atom. The van der Waals surface area contributed by atoms with E-state index >= 15 is 0 Å². The monoisotopic (exact) mass is 338 g/mol. The summed E-state index contributed by atoms with van der Waals surface area (Å²) in [6.07, 6.45) is 3.78. The molecule has 5 heteroatoms. The van der Waals surface area contributed by atoms with Gasteiger partial charge in [0.05, 0.1) is 6.61 Å². The highest BCUT2D eigenvalue weighted by Crippen LogP contribution is 2.26. The maximum atomic E-state index is 11.9. The molecule has 1 aliphatic rings. The second-order valence-electron chi connectivity index (χ2n) is 6.41. The number of halogens is 1. The van der Waals surface area contributed by atoms with Crippen LogP contribution >= 0.6 is 11.6 Å². The number of ether oxygens (including phenoxy) is 1. The van der Waals surface area contributed by atoms with E-state index in [1.807, 2.05) is 25.1 Å². The molecule has 2 rings (SSSR count). The van der Waals surface area contributed by atoms with E-state index in [0.29, 0.717) is 32.0 Å². The van der Waals surface area contributed by atoms with Crippen LogP contribution < -0.4 is 10.1 Å². The number of carbonyl (C=O) groups is 1. The van der Waals surface area contributed by atoms with E-state index in [9.17, 15) is 4.79 Å². The van der Waals surface area contributed by atoms with Gasteiger partial charge in [0.1, 0.15) is 5.75 Å². The molecular formula is C18H27ClN2O2. The molecule has 4 nitrogen and oxygen atoms in total. The molecule has 0 aromatic heterocycles. The average molecular weight is 339 g/mol. The van der Waals surface area contributed by atoms with Gasteiger partial charge in [0.25, 0.3) is 0 Å². The van der Waals surface area contributed by atoms with Crippen molar-refractivity contribution >= 4 is 17.5 Å². The first kappa shape index (κ1) is 18.1. The van der Waals surface area contributed by atoms with Crippen LogP contribution in [-0.2, 0) is 4.79 Å². The van der Waals surface area contributed by atoms with Crippen LogP contribution in [0, 0.1) is 6.92 Å². The quantitative estimate of drug-likeness (QED) is 0.702. The Balaban J connectivity index is 1.58. The largest absolute Gasteiger partial charge is 0.494 e. The lowest BCUT2D eigenvalue weighted by molar-refractivity contribution is -0.121. The molecule has 128 valence electrons. The molecule has 1 fully saturated rings. The van der Waals surface area contributed by atoms with Gasteiger partial charge in [-0.25, -0.2) is 0 Å². The molecule has 23 heavy (non-hydrogen) atoms. The predicted molar refractivity (Wildman–Crippen MR) is 94.2 cm³/mol. The molecule has 0 heterocycles. The summed E-state index contributed by atoms with van der Waals surface area (Å²) < 4.78 is 5.65. The average Bonchev–Trinajstić information content (AvgIpc) is 3.36. The smallest absolute Gasteiger partial charge is 0.220 e. The number of likely N-dealkylation sites (N-methyl/N-ethyl adjacent to an activating group) is 1. The van der Waals surface area contributed by atoms with Gasteiger partial charge in [0.2, 0.25) is 5.91 Å². The van der Waals surface area contributed by atoms with Gasteiger partial charge >= 0.3 is 0 Å². The Labute approximate surface area is 144 Å². The van der Waals surface area contributed by atoms with Crippen molar-refractivity contribution in [2.24, 2.45) is 0 Å². The molecule has 1 amide bonds. The SMILES string of the molecule is Cc1cc(OCCCC(=O)NCC(C)N(C)C2CC2)ccc1Cl. The molecule has 0 saturated heterocycles. The number of hydrogen-bond donors (Lipinski definition) is 1. The summed E-state index contributed by atoms with van der Waals surface area (Å²) in [5.41, 5.74) is 0.996. The molecule has 1 aliphatic carbocycles. The molecule has 1 unspecified atom stereocenters. The van der Waals surface area contributed by atoms with E-state index < -0.39 is 0 Å². The second-order valence-corrected chi connectivity index (χ2v) is 6.82. The van der Waals surface area contributed by atoms with Crippen LogP contribution in [0.1, 0.15) is 38.2 Å². The fourth-order valence-corrected chi connectivity index (χ4v) is 2.58. The van der Waals surface area contributed by atoms with Crippen LogP contribution in [-0.4, -0.2) is 43.1 Å². The number of nitrogens with zero attached hydrogens (tertiary/aromatic N) is 1. The zero-order valence-corrected chi connectivity index (χ0v) is 15.0. The highest BCUT2D eigenvalue weighted by molar-refractivity contribution is 6.31. The normalized spacial score (nSPS) is 15.5. The van der Waals surface area contributed by atoms with Gasteiger partial charge in [-0.2, -0.15) is 0 Å². The zero-order valence-electron chi connectivity index (χ0n) is 14.3. The number of carbonyl (C=O) groups excluding carboxylic acids is 1. The van der Waals surface area contributed by atoms with E-state index in [-0.39, 0.29) is 5.91 Å². The Kier molecular flexibility index (Phi) is 6.72. The van der Waals surface area contributed by atoms with E-state index in [2.05, 4.69) is 24.2 Å². The van der Waals surface area contributed by atoms with E-state index in [4.69, 9.17) is 16.3 Å². The highest BCUT2D eigenvalue weighted by atomic mass is 35.5. The van der Waals surface area contributed by atoms with Crippen LogP contribution in [0.15, 0.2) is 18.2 Å². The third kappa shape index (κ3) is 6.04. The Morgan fingerprint density at radius 3 is 2.87 bits per heavy atom. The van der Waals surface area contributed by atoms with Crippen molar-refractivity contribution in [3.63, 3.8) is 0 Å². The molecule has 1 N–H and O–H groups in total. The molecule has 1 saturated carbocycles. The third-order valence-corrected chi connectivity index (χ3v) is 4.78. The van der Waals surface area contributed by atoms with Crippen molar-refractivity contribution in [3.8, 4) is 5.75 Å². The molecular weight excluding hydrogens is 312 g/mol. The van der Waals surface area contributed by atoms with Gasteiger partial charge in [-0.15, -0.1) is 0 Å². The predicted octanol–water partition coefficient (Wildman–Crippen LogP) is 3.41. The zero-order chi connectivity index (χ0) is 16.8. The molecule has 0 radical (unpaired) electrons. The minimum atomic E-state index is 0.0944. The van der Waals surface area contributed by atoms with Crippen molar-refractivity contribution in [1.29, 1.82) is 0 Å². The van der Waals surface area contributed by atoms with E-state index in [0.717, 1.165) is 22.4 Å². The fraction of sp³-hybridized carbons (Fsp3) is 0.611. The van der Waals surface area contributed by atoms with Gasteiger partial charge in [-0.1, -0.05) is 11.6 Å². The summed E-state index contributed by atoms with van der Waals surface area (Å²) in [7, 11) is 2.14. The molecule has 1 aromatic carbocycles. The minimum absolute atomic E-state index is 0.0944. The van der Waals surface area contributed by atoms with Gasteiger partial charge < -0.3 is 10.1 Å². The number of nitrogens with one attached hydrogen (secondary N) is 1. The lowest BCUT2D eigenvalue weighted by atomic mass is 10.2. The molecule has 1 atom stereocenters. The summed E-state index contributed by atoms with van der Waals surface area (Å²) >= 11 is 5.98. The maximum Gasteiger partial charge on any atom is 0.220 e. The Morgan fingerprint density at radius 1 is 1.48 bits per heavy atom. The van der Waals surface area contributed by atoms with Gasteiger partial charge in [-0.3, -0.25) is 9.69 Å². The van der Waals surface area contributed by atoms with E-state index in [1.54, 1.807) is 0 Å². The topological polar surface area (TPSA) is 41.6 Å². The lowest BCUT2D eigenvalue weighted by Gasteiger charge is -2.24. The van der Waals surface area contributed by atoms with Crippen LogP contribution in [0.2, 0.25) is 5.02 Å². The summed E-state index contributed by atoms with van der Waals surface area (Å²) in [5.74, 6) is 0.893. The molecule has 0 spiro atoms. The Hall–Kier alpha value is -1.26. The van der Waals surface area contributed by atoms with Crippen LogP contribution in [0.3, 0.4) is 0 Å². The first-order valence-electron chi connectivity index (χ1n) is 8.35. The fourth-order valence-electron chi connectivity index (χ4n) is 2.47. The summed E-state index contributed by atoms with van der Waals surface area (Å²) in [6.45, 7) is 5.35. The van der Waals surface area contributed by atoms with Gasteiger partial charge in [0, 0.05) is 30.1 Å². The van der Waals surface area contributed by atoms with Crippen molar-refractivity contribution in [1.82, 2.24) is 10.2 Å². The number of hydrogen-bond acceptors (Lipinski definition) is 3. The molecule has 0 bridgehead atoms. The standard InChI is InChI=1S/C18H27ClN2O2/c1-13-11-16(8-9-17(13)19)23-10-4-5-18(22)20-12-14(2)21(3)15-6-7-15/h8-9,11,14-15H,4-7,10,12H2,1-3H3,(H,20,22). The van der Waals surface area contributed by atoms with Gasteiger partial charge in [-0.05, 0) is 63.9 Å². The first-order chi connectivity index (χ1) is 11.0. The number of rotatable bonds is 9. The summed E-state index contributed by atoms with van der Waals surface area (Å²) in [4.78, 5) is 14.2. The number of aryl methyl sites for hydroxylation is 1. The number of benzene rings is 1. The molecule has 0 aliphatic heterocycles. The summed E-state index contributed by atoms with van der Waals surface area (Å²) in [6, 6.07) is 6.71. The van der Waals surface area contributed by atoms with E-state index in [1.165, 1.54) is 12.8 Å². The third-order valence-electron chi connectivity index (χ3n) is 4.36. The van der Waals surface area contributed by atoms with Crippen LogP contribution in [0.4, 0.5) is 0 Å². The van der Waals surface area contributed by atoms with Crippen molar-refractivity contribution in [3.05, 3.63) is 28.8 Å². The van der Waals surface area contributed by atoms with Gasteiger partial charge in [0.15, 0.2) is 0 Å². The van der Waals surface area contributed by atoms with Crippen molar-refractivity contribution in [2.75, 3.05) is 20.2 Å². The maximum absolute atomic E-state index is 11.9.